The molecule has 1 aromatic carbocycles. The highest BCUT2D eigenvalue weighted by Gasteiger charge is 2.65. The number of phenolic OH excluding ortho intramolecular Hbond substituents is 2. The lowest BCUT2D eigenvalue weighted by atomic mass is 9.67. The summed E-state index contributed by atoms with van der Waals surface area (Å²) in [6.45, 7) is 6.40. The summed E-state index contributed by atoms with van der Waals surface area (Å²) >= 11 is -1.81. The number of hydrogen-bond donors (Lipinski definition) is 3. The Morgan fingerprint density at radius 3 is 2.35 bits per heavy atom. The summed E-state index contributed by atoms with van der Waals surface area (Å²) in [7, 11) is 0. The highest BCUT2D eigenvalue weighted by atomic mass is 127. The van der Waals surface area contributed by atoms with Gasteiger partial charge in [-0.1, -0.05) is 45.9 Å². The van der Waals surface area contributed by atoms with Gasteiger partial charge in [0.25, 0.3) is 0 Å². The molecule has 0 saturated heterocycles. The Labute approximate surface area is 184 Å². The maximum Gasteiger partial charge on any atom is 0.182 e. The van der Waals surface area contributed by atoms with Crippen LogP contribution in [-0.2, 0) is 3.42 Å². The van der Waals surface area contributed by atoms with Gasteiger partial charge in [-0.25, -0.2) is 0 Å². The Morgan fingerprint density at radius 1 is 1.15 bits per heavy atom. The predicted octanol–water partition coefficient (Wildman–Crippen LogP) is 4.90. The fourth-order valence-corrected chi connectivity index (χ4v) is 13.4. The summed E-state index contributed by atoms with van der Waals surface area (Å²) in [5.41, 5.74) is 7.86. The van der Waals surface area contributed by atoms with Crippen LogP contribution < -0.4 is 10.5 Å². The summed E-state index contributed by atoms with van der Waals surface area (Å²) in [5.74, 6) is 0.244. The van der Waals surface area contributed by atoms with E-state index in [1.165, 1.54) is 5.57 Å². The molecule has 0 amide bonds. The summed E-state index contributed by atoms with van der Waals surface area (Å²) in [4.78, 5) is 0. The monoisotopic (exact) mass is 695 g/mol. The second-order valence-electron chi connectivity index (χ2n) is 7.15. The van der Waals surface area contributed by atoms with Crippen LogP contribution in [0.25, 0.3) is 0 Å². The molecule has 4 nitrogen and oxygen atoms in total. The minimum Gasteiger partial charge on any atom is -0.504 e. The molecule has 0 saturated carbocycles. The van der Waals surface area contributed by atoms with E-state index in [1.54, 1.807) is 0 Å². The molecule has 0 fully saturated rings. The molecule has 0 radical (unpaired) electrons. The number of fused-ring (bicyclic) bond motifs is 3. The van der Waals surface area contributed by atoms with Crippen molar-refractivity contribution in [3.63, 3.8) is 0 Å². The zero-order valence-electron chi connectivity index (χ0n) is 15.1. The van der Waals surface area contributed by atoms with Crippen molar-refractivity contribution in [3.05, 3.63) is 20.8 Å². The maximum absolute atomic E-state index is 11.0. The minimum atomic E-state index is -0.694. The van der Waals surface area contributed by atoms with Gasteiger partial charge in [0.1, 0.15) is 11.4 Å². The molecule has 7 heteroatoms. The van der Waals surface area contributed by atoms with Crippen molar-refractivity contribution < 1.29 is 14.9 Å². The van der Waals surface area contributed by atoms with Crippen LogP contribution in [0.5, 0.6) is 17.2 Å². The number of phenols is 2. The third kappa shape index (κ3) is 2.44. The van der Waals surface area contributed by atoms with E-state index in [-0.39, 0.29) is 20.6 Å². The summed E-state index contributed by atoms with van der Waals surface area (Å²) in [6.07, 6.45) is 4.26. The first-order valence-electron chi connectivity index (χ1n) is 8.05. The summed E-state index contributed by atoms with van der Waals surface area (Å²) in [6, 6.07) is 0. The third-order valence-corrected chi connectivity index (χ3v) is 15.3. The molecular formula is C19H24I3NO3. The average molecular weight is 695 g/mol. The first kappa shape index (κ1) is 20.7. The van der Waals surface area contributed by atoms with E-state index in [1.807, 2.05) is 0 Å². The lowest BCUT2D eigenvalue weighted by Gasteiger charge is -2.59. The molecule has 26 heavy (non-hydrogen) atoms. The fraction of sp³-hybridized carbons (Fsp3) is 0.421. The Kier molecular flexibility index (Phi) is 5.40. The molecule has 4 N–H and O–H groups in total. The minimum absolute atomic E-state index is 0.148. The van der Waals surface area contributed by atoms with Crippen LogP contribution in [0, 0.1) is 3.57 Å². The molecule has 144 valence electrons. The Hall–Kier alpha value is -0.0400. The van der Waals surface area contributed by atoms with Crippen LogP contribution in [-0.4, -0.2) is 32.8 Å². The zero-order valence-corrected chi connectivity index (χ0v) is 21.6. The van der Waals surface area contributed by atoms with Gasteiger partial charge in [-0.05, 0) is 33.6 Å². The van der Waals surface area contributed by atoms with Crippen LogP contribution in [0.1, 0.15) is 39.2 Å². The highest BCUT2D eigenvalue weighted by molar-refractivity contribution is 14.2. The number of rotatable bonds is 3. The number of allylic oxidation sites excluding steroid dienone is 2. The quantitative estimate of drug-likeness (QED) is 0.138. The molecule has 2 aliphatic rings. The van der Waals surface area contributed by atoms with E-state index in [0.29, 0.717) is 11.3 Å². The smallest absolute Gasteiger partial charge is 0.182 e. The van der Waals surface area contributed by atoms with E-state index in [2.05, 4.69) is 40.4 Å². The number of nitrogen functional groups attached to an aromatic ring is 1. The van der Waals surface area contributed by atoms with Gasteiger partial charge in [0.15, 0.2) is 11.5 Å². The molecule has 0 unspecified atom stereocenters. The molecule has 0 aromatic heterocycles. The Balaban J connectivity index is 2.59. The van der Waals surface area contributed by atoms with Gasteiger partial charge in [0.2, 0.25) is 0 Å². The Bertz CT molecular complexity index is 878. The van der Waals surface area contributed by atoms with Crippen LogP contribution in [0.4, 0.5) is 5.69 Å². The molecule has 3 rings (SSSR count). The normalized spacial score (nSPS) is 29.3. The van der Waals surface area contributed by atoms with Gasteiger partial charge >= 0.3 is 0 Å². The highest BCUT2D eigenvalue weighted by Crippen LogP contribution is 2.70. The predicted molar refractivity (Wildman–Crippen MR) is 138 cm³/mol. The van der Waals surface area contributed by atoms with Crippen molar-refractivity contribution in [3.8, 4) is 17.2 Å². The van der Waals surface area contributed by atoms with Crippen molar-refractivity contribution >= 4 is 81.4 Å². The molecule has 1 heterocycles. The van der Waals surface area contributed by atoms with Gasteiger partial charge in [0, 0.05) is 0 Å². The van der Waals surface area contributed by atoms with Crippen molar-refractivity contribution in [2.24, 2.45) is 0 Å². The molecule has 1 aliphatic heterocycles. The number of hydrogen-bond acceptors (Lipinski definition) is 4. The standard InChI is InChI=1S/C19H24I3NO3/c1-10-7-8-19(22-6)17(2,3)26-16-11(18(19,9-10)21-5)14(24)15(25)13(23)12(16)20-4/h9,24-25H,4-8,23H2,1-3H3/t18-,19-/m1/s1. The van der Waals surface area contributed by atoms with E-state index < -0.39 is 71.2 Å². The fourth-order valence-electron chi connectivity index (χ4n) is 4.21. The van der Waals surface area contributed by atoms with E-state index in [0.717, 1.165) is 16.4 Å². The molecule has 0 bridgehead atoms. The lowest BCUT2D eigenvalue weighted by molar-refractivity contribution is 0.0354. The average Bonchev–Trinajstić information content (AvgIpc) is 2.59. The number of nitrogens with two attached hydrogens (primary N) is 1. The maximum atomic E-state index is 11.0. The van der Waals surface area contributed by atoms with Crippen LogP contribution in [0.15, 0.2) is 11.6 Å². The molecule has 1 aromatic rings. The van der Waals surface area contributed by atoms with Crippen LogP contribution in [0.2, 0.25) is 0 Å². The third-order valence-electron chi connectivity index (χ3n) is 5.51. The Morgan fingerprint density at radius 2 is 1.81 bits per heavy atom. The molecular weight excluding hydrogens is 671 g/mol. The van der Waals surface area contributed by atoms with E-state index in [4.69, 9.17) is 10.5 Å². The van der Waals surface area contributed by atoms with Crippen LogP contribution in [0.3, 0.4) is 0 Å². The zero-order chi connectivity index (χ0) is 19.5. The van der Waals surface area contributed by atoms with Crippen molar-refractivity contribution in [2.45, 2.75) is 46.1 Å². The molecule has 0 spiro atoms. The lowest BCUT2D eigenvalue weighted by Crippen LogP contribution is -2.63. The summed E-state index contributed by atoms with van der Waals surface area (Å²) in [5, 5.41) is 21.5. The van der Waals surface area contributed by atoms with Crippen molar-refractivity contribution in [1.29, 1.82) is 0 Å². The van der Waals surface area contributed by atoms with Gasteiger partial charge in [0.05, 0.1) is 21.7 Å². The number of aromatic hydroxyl groups is 2. The topological polar surface area (TPSA) is 75.7 Å². The first-order valence-corrected chi connectivity index (χ1v) is 15.9. The number of benzene rings is 1. The van der Waals surface area contributed by atoms with Gasteiger partial charge in [-0.3, -0.25) is 0 Å². The number of halogens is 3. The molecule has 2 atom stereocenters. The largest absolute Gasteiger partial charge is 0.504 e. The van der Waals surface area contributed by atoms with E-state index >= 15 is 0 Å². The van der Waals surface area contributed by atoms with Gasteiger partial charge < -0.3 is 20.7 Å². The number of ether oxygens (including phenoxy) is 1. The second-order valence-corrected chi connectivity index (χ2v) is 14.1. The first-order chi connectivity index (χ1) is 12.1. The van der Waals surface area contributed by atoms with Gasteiger partial charge in [-0.2, -0.15) is 0 Å². The number of anilines is 1. The summed E-state index contributed by atoms with van der Waals surface area (Å²) < 4.78 is 19.6. The SMILES string of the molecule is C=Ic1c(N)c(O)c(O)c2c1OC(C)(C)[C@]1(I=C)CCC(C)=C[C@@]21I=C. The molecule has 1 aliphatic carbocycles. The van der Waals surface area contributed by atoms with Crippen LogP contribution >= 0.6 is 62.2 Å². The van der Waals surface area contributed by atoms with Crippen molar-refractivity contribution in [1.82, 2.24) is 0 Å². The van der Waals surface area contributed by atoms with Gasteiger partial charge in [-0.15, -0.1) is 41.5 Å². The number of alkyl halides is 2. The van der Waals surface area contributed by atoms with E-state index in [9.17, 15) is 10.2 Å². The second kappa shape index (κ2) is 6.78. The van der Waals surface area contributed by atoms with Crippen molar-refractivity contribution in [2.75, 3.05) is 5.73 Å².